The number of rotatable bonds is 3. The number of nitrogens with zero attached hydrogens (tertiary/aromatic N) is 2. The fourth-order valence-electron chi connectivity index (χ4n) is 1.05. The molecule has 0 saturated heterocycles. The fourth-order valence-corrected chi connectivity index (χ4v) is 2.08. The van der Waals surface area contributed by atoms with E-state index in [9.17, 15) is 4.79 Å². The van der Waals surface area contributed by atoms with E-state index in [2.05, 4.69) is 10.1 Å². The van der Waals surface area contributed by atoms with Gasteiger partial charge in [0.15, 0.2) is 0 Å². The molecule has 0 atom stereocenters. The number of hydrogen-bond donors (Lipinski definition) is 0. The van der Waals surface area contributed by atoms with E-state index < -0.39 is 5.97 Å². The molecular weight excluding hydrogens is 252 g/mol. The molecule has 0 radical (unpaired) electrons. The molecule has 0 saturated carbocycles. The van der Waals surface area contributed by atoms with E-state index >= 15 is 0 Å². The molecule has 0 unspecified atom stereocenters. The Balaban J connectivity index is 2.26. The van der Waals surface area contributed by atoms with Crippen molar-refractivity contribution in [2.24, 2.45) is 0 Å². The number of halogens is 1. The Kier molecular flexibility index (Phi) is 3.21. The van der Waals surface area contributed by atoms with Crippen molar-refractivity contribution in [3.63, 3.8) is 0 Å². The Bertz CT molecular complexity index is 508. The lowest BCUT2D eigenvalue weighted by molar-refractivity contribution is 0.0508. The molecule has 0 aliphatic rings. The molecule has 0 N–H and O–H groups in total. The second-order valence-corrected chi connectivity index (χ2v) is 3.93. The van der Waals surface area contributed by atoms with Gasteiger partial charge in [-0.25, -0.2) is 4.79 Å². The van der Waals surface area contributed by atoms with Crippen molar-refractivity contribution in [1.82, 2.24) is 10.1 Å². The predicted molar refractivity (Wildman–Crippen MR) is 58.6 cm³/mol. The van der Waals surface area contributed by atoms with E-state index in [1.54, 1.807) is 17.7 Å². The van der Waals surface area contributed by atoms with E-state index in [4.69, 9.17) is 20.9 Å². The zero-order valence-corrected chi connectivity index (χ0v) is 9.84. The zero-order chi connectivity index (χ0) is 11.5. The average Bonchev–Trinajstić information content (AvgIpc) is 2.86. The number of aromatic nitrogens is 2. The first-order valence-corrected chi connectivity index (χ1v) is 5.77. The van der Waals surface area contributed by atoms with Crippen LogP contribution in [0.4, 0.5) is 0 Å². The van der Waals surface area contributed by atoms with Gasteiger partial charge in [-0.05, 0) is 12.1 Å². The Labute approximate surface area is 100.0 Å². The highest BCUT2D eigenvalue weighted by atomic mass is 35.5. The molecule has 2 rings (SSSR count). The monoisotopic (exact) mass is 258 g/mol. The number of carbonyl (C=O) groups excluding carboxylic acids is 1. The molecule has 2 aromatic rings. The van der Waals surface area contributed by atoms with Crippen LogP contribution in [0.2, 0.25) is 5.02 Å². The first-order chi connectivity index (χ1) is 7.72. The smallest absolute Gasteiger partial charge is 0.379 e. The van der Waals surface area contributed by atoms with Gasteiger partial charge in [-0.3, -0.25) is 0 Å². The maximum atomic E-state index is 11.3. The number of ether oxygens (including phenoxy) is 1. The number of thiophene rings is 1. The lowest BCUT2D eigenvalue weighted by atomic mass is 10.3. The molecule has 0 fully saturated rings. The van der Waals surface area contributed by atoms with E-state index in [-0.39, 0.29) is 18.3 Å². The van der Waals surface area contributed by atoms with Crippen LogP contribution >= 0.6 is 22.9 Å². The van der Waals surface area contributed by atoms with Crippen LogP contribution < -0.4 is 0 Å². The largest absolute Gasteiger partial charge is 0.460 e. The molecule has 0 aliphatic heterocycles. The summed E-state index contributed by atoms with van der Waals surface area (Å²) in [5, 5.41) is 7.54. The minimum Gasteiger partial charge on any atom is -0.460 e. The molecule has 0 aromatic carbocycles. The van der Waals surface area contributed by atoms with Gasteiger partial charge in [0.2, 0.25) is 0 Å². The van der Waals surface area contributed by atoms with Crippen molar-refractivity contribution < 1.29 is 14.1 Å². The normalized spacial score (nSPS) is 10.4. The average molecular weight is 259 g/mol. The van der Waals surface area contributed by atoms with Crippen LogP contribution in [0.1, 0.15) is 17.5 Å². The third kappa shape index (κ3) is 2.07. The van der Waals surface area contributed by atoms with Crippen molar-refractivity contribution in [2.45, 2.75) is 6.92 Å². The molecule has 0 amide bonds. The van der Waals surface area contributed by atoms with Crippen LogP contribution in [0.3, 0.4) is 0 Å². The molecule has 0 aliphatic carbocycles. The Morgan fingerprint density at radius 3 is 3.06 bits per heavy atom. The van der Waals surface area contributed by atoms with Crippen molar-refractivity contribution in [3.05, 3.63) is 21.6 Å². The molecular formula is C9H7ClN2O3S. The van der Waals surface area contributed by atoms with Crippen LogP contribution in [0, 0.1) is 0 Å². The molecule has 16 heavy (non-hydrogen) atoms. The Morgan fingerprint density at radius 1 is 1.62 bits per heavy atom. The van der Waals surface area contributed by atoms with Gasteiger partial charge in [0.25, 0.3) is 11.7 Å². The topological polar surface area (TPSA) is 65.2 Å². The first-order valence-electron chi connectivity index (χ1n) is 4.45. The Hall–Kier alpha value is -1.40. The van der Waals surface area contributed by atoms with Gasteiger partial charge in [-0.15, -0.1) is 11.3 Å². The summed E-state index contributed by atoms with van der Waals surface area (Å²) in [6.07, 6.45) is 0. The van der Waals surface area contributed by atoms with Crippen molar-refractivity contribution >= 4 is 28.9 Å². The first kappa shape index (κ1) is 11.1. The Morgan fingerprint density at radius 2 is 2.44 bits per heavy atom. The maximum Gasteiger partial charge on any atom is 0.379 e. The van der Waals surface area contributed by atoms with E-state index in [0.29, 0.717) is 10.6 Å². The van der Waals surface area contributed by atoms with Crippen molar-refractivity contribution in [1.29, 1.82) is 0 Å². The lowest BCUT2D eigenvalue weighted by Crippen LogP contribution is -2.06. The summed E-state index contributed by atoms with van der Waals surface area (Å²) in [4.78, 5) is 15.2. The van der Waals surface area contributed by atoms with E-state index in [0.717, 1.165) is 0 Å². The summed E-state index contributed by atoms with van der Waals surface area (Å²) in [7, 11) is 0. The summed E-state index contributed by atoms with van der Waals surface area (Å²) in [5.41, 5.74) is 0.620. The second-order valence-electron chi connectivity index (χ2n) is 2.78. The van der Waals surface area contributed by atoms with Gasteiger partial charge in [0, 0.05) is 10.8 Å². The number of esters is 1. The zero-order valence-electron chi connectivity index (χ0n) is 8.27. The van der Waals surface area contributed by atoms with Crippen molar-refractivity contribution in [2.75, 3.05) is 6.61 Å². The highest BCUT2D eigenvalue weighted by Gasteiger charge is 2.18. The fraction of sp³-hybridized carbons (Fsp3) is 0.222. The van der Waals surface area contributed by atoms with Crippen LogP contribution in [0.5, 0.6) is 0 Å². The van der Waals surface area contributed by atoms with Crippen LogP contribution in [0.25, 0.3) is 11.5 Å². The van der Waals surface area contributed by atoms with Gasteiger partial charge in [-0.1, -0.05) is 11.6 Å². The SMILES string of the molecule is CCOC(=O)c1noc(-c2cscc2Cl)n1. The highest BCUT2D eigenvalue weighted by molar-refractivity contribution is 7.08. The van der Waals surface area contributed by atoms with Gasteiger partial charge in [0.1, 0.15) is 0 Å². The highest BCUT2D eigenvalue weighted by Crippen LogP contribution is 2.29. The lowest BCUT2D eigenvalue weighted by Gasteiger charge is -1.93. The summed E-state index contributed by atoms with van der Waals surface area (Å²) in [6, 6.07) is 0. The summed E-state index contributed by atoms with van der Waals surface area (Å²) in [5.74, 6) is -0.489. The molecule has 2 heterocycles. The molecule has 0 bridgehead atoms. The van der Waals surface area contributed by atoms with Crippen LogP contribution in [0.15, 0.2) is 15.3 Å². The number of carbonyl (C=O) groups is 1. The third-order valence-corrected chi connectivity index (χ3v) is 2.91. The van der Waals surface area contributed by atoms with Gasteiger partial charge >= 0.3 is 5.97 Å². The summed E-state index contributed by atoms with van der Waals surface area (Å²) in [6.45, 7) is 1.97. The van der Waals surface area contributed by atoms with Crippen LogP contribution in [-0.4, -0.2) is 22.7 Å². The van der Waals surface area contributed by atoms with Gasteiger partial charge < -0.3 is 9.26 Å². The molecule has 0 spiro atoms. The third-order valence-electron chi connectivity index (χ3n) is 1.73. The molecule has 7 heteroatoms. The standard InChI is InChI=1S/C9H7ClN2O3S/c1-2-14-9(13)7-11-8(15-12-7)5-3-16-4-6(5)10/h3-4H,2H2,1H3. The minimum atomic E-state index is -0.608. The second kappa shape index (κ2) is 4.63. The maximum absolute atomic E-state index is 11.3. The quantitative estimate of drug-likeness (QED) is 0.792. The van der Waals surface area contributed by atoms with Gasteiger partial charge in [0.05, 0.1) is 17.2 Å². The minimum absolute atomic E-state index is 0.0980. The molecule has 5 nitrogen and oxygen atoms in total. The summed E-state index contributed by atoms with van der Waals surface area (Å²) < 4.78 is 9.65. The van der Waals surface area contributed by atoms with Crippen molar-refractivity contribution in [3.8, 4) is 11.5 Å². The molecule has 2 aromatic heterocycles. The summed E-state index contributed by atoms with van der Waals surface area (Å²) >= 11 is 7.30. The van der Waals surface area contributed by atoms with Gasteiger partial charge in [-0.2, -0.15) is 4.98 Å². The molecule has 84 valence electrons. The van der Waals surface area contributed by atoms with E-state index in [1.807, 2.05) is 0 Å². The van der Waals surface area contributed by atoms with Crippen LogP contribution in [-0.2, 0) is 4.74 Å². The van der Waals surface area contributed by atoms with E-state index in [1.165, 1.54) is 11.3 Å². The number of hydrogen-bond acceptors (Lipinski definition) is 6. The predicted octanol–water partition coefficient (Wildman–Crippen LogP) is 2.63.